The van der Waals surface area contributed by atoms with Crippen molar-refractivity contribution in [1.82, 2.24) is 4.57 Å². The van der Waals surface area contributed by atoms with Crippen molar-refractivity contribution < 1.29 is 14.3 Å². The monoisotopic (exact) mass is 494 g/mol. The molecule has 0 radical (unpaired) electrons. The van der Waals surface area contributed by atoms with Crippen molar-refractivity contribution in [2.24, 2.45) is 4.99 Å². The number of carbonyl (C=O) groups excluding carboxylic acids is 2. The average Bonchev–Trinajstić information content (AvgIpc) is 2.92. The van der Waals surface area contributed by atoms with E-state index in [1.54, 1.807) is 17.6 Å². The standard InChI is InChI=1S/C20H19IN2O3S/c1-4-26-18(24)11-23-16-9-12(2)13(3)10-17(16)27-20(23)22-19(25)14-7-5-6-8-15(14)21/h5-10H,4,11H2,1-3H3. The second-order valence-corrected chi connectivity index (χ2v) is 8.25. The van der Waals surface area contributed by atoms with Crippen LogP contribution in [0.1, 0.15) is 28.4 Å². The zero-order valence-electron chi connectivity index (χ0n) is 15.3. The molecule has 0 aliphatic heterocycles. The minimum Gasteiger partial charge on any atom is -0.465 e. The van der Waals surface area contributed by atoms with E-state index >= 15 is 0 Å². The molecule has 0 N–H and O–H groups in total. The van der Waals surface area contributed by atoms with Crippen molar-refractivity contribution in [2.75, 3.05) is 6.61 Å². The predicted octanol–water partition coefficient (Wildman–Crippen LogP) is 4.23. The van der Waals surface area contributed by atoms with E-state index in [2.05, 4.69) is 33.6 Å². The van der Waals surface area contributed by atoms with Crippen LogP contribution in [0, 0.1) is 17.4 Å². The van der Waals surface area contributed by atoms with Gasteiger partial charge in [0.1, 0.15) is 6.54 Å². The van der Waals surface area contributed by atoms with Gasteiger partial charge in [-0.3, -0.25) is 9.59 Å². The molecule has 5 nitrogen and oxygen atoms in total. The first-order valence-electron chi connectivity index (χ1n) is 8.50. The number of aromatic nitrogens is 1. The highest BCUT2D eigenvalue weighted by Gasteiger charge is 2.14. The molecule has 2 aromatic carbocycles. The number of benzene rings is 2. The lowest BCUT2D eigenvalue weighted by Crippen LogP contribution is -2.23. The number of nitrogens with zero attached hydrogens (tertiary/aromatic N) is 2. The molecule has 140 valence electrons. The second kappa shape index (κ2) is 8.35. The van der Waals surface area contributed by atoms with E-state index in [1.807, 2.05) is 38.1 Å². The fraction of sp³-hybridized carbons (Fsp3) is 0.250. The van der Waals surface area contributed by atoms with E-state index in [0.717, 1.165) is 24.9 Å². The topological polar surface area (TPSA) is 60.7 Å². The minimum atomic E-state index is -0.349. The van der Waals surface area contributed by atoms with Crippen LogP contribution in [0.2, 0.25) is 0 Å². The van der Waals surface area contributed by atoms with Crippen LogP contribution in [0.25, 0.3) is 10.2 Å². The fourth-order valence-corrected chi connectivity index (χ4v) is 4.40. The lowest BCUT2D eigenvalue weighted by atomic mass is 10.1. The van der Waals surface area contributed by atoms with Gasteiger partial charge in [-0.2, -0.15) is 4.99 Å². The molecule has 0 aliphatic rings. The molecule has 0 spiro atoms. The summed E-state index contributed by atoms with van der Waals surface area (Å²) in [6.45, 7) is 6.17. The first-order valence-corrected chi connectivity index (χ1v) is 10.4. The van der Waals surface area contributed by atoms with Gasteiger partial charge in [-0.1, -0.05) is 23.5 Å². The zero-order valence-corrected chi connectivity index (χ0v) is 18.3. The van der Waals surface area contributed by atoms with Gasteiger partial charge in [-0.15, -0.1) is 0 Å². The van der Waals surface area contributed by atoms with Crippen LogP contribution < -0.4 is 4.80 Å². The number of rotatable bonds is 4. The van der Waals surface area contributed by atoms with Gasteiger partial charge in [0, 0.05) is 3.57 Å². The molecule has 3 aromatic rings. The highest BCUT2D eigenvalue weighted by molar-refractivity contribution is 14.1. The summed E-state index contributed by atoms with van der Waals surface area (Å²) in [5.74, 6) is -0.670. The van der Waals surface area contributed by atoms with Crippen molar-refractivity contribution in [3.05, 3.63) is 61.5 Å². The fourth-order valence-electron chi connectivity index (χ4n) is 2.68. The Labute approximate surface area is 174 Å². The molecule has 7 heteroatoms. The molecule has 3 rings (SSSR count). The first kappa shape index (κ1) is 19.8. The number of hydrogen-bond donors (Lipinski definition) is 0. The Hall–Kier alpha value is -2.00. The summed E-state index contributed by atoms with van der Waals surface area (Å²) < 4.78 is 8.69. The Morgan fingerprint density at radius 2 is 1.89 bits per heavy atom. The van der Waals surface area contributed by atoms with E-state index in [0.29, 0.717) is 17.0 Å². The van der Waals surface area contributed by atoms with Gasteiger partial charge in [-0.05, 0) is 78.8 Å². The van der Waals surface area contributed by atoms with E-state index in [9.17, 15) is 9.59 Å². The lowest BCUT2D eigenvalue weighted by molar-refractivity contribution is -0.143. The van der Waals surface area contributed by atoms with Crippen molar-refractivity contribution in [3.8, 4) is 0 Å². The normalized spacial score (nSPS) is 11.8. The number of esters is 1. The second-order valence-electron chi connectivity index (χ2n) is 6.08. The summed E-state index contributed by atoms with van der Waals surface area (Å²) in [6.07, 6.45) is 0. The van der Waals surface area contributed by atoms with Gasteiger partial charge >= 0.3 is 5.97 Å². The highest BCUT2D eigenvalue weighted by atomic mass is 127. The summed E-state index contributed by atoms with van der Waals surface area (Å²) >= 11 is 3.52. The number of ether oxygens (including phenoxy) is 1. The number of thiazole rings is 1. The lowest BCUT2D eigenvalue weighted by Gasteiger charge is -2.06. The predicted molar refractivity (Wildman–Crippen MR) is 115 cm³/mol. The smallest absolute Gasteiger partial charge is 0.326 e. The van der Waals surface area contributed by atoms with E-state index < -0.39 is 0 Å². The first-order chi connectivity index (χ1) is 12.9. The minimum absolute atomic E-state index is 0.0222. The van der Waals surface area contributed by atoms with Gasteiger partial charge in [0.2, 0.25) is 0 Å². The summed E-state index contributed by atoms with van der Waals surface area (Å²) in [5.41, 5.74) is 3.70. The quantitative estimate of drug-likeness (QED) is 0.403. The van der Waals surface area contributed by atoms with Crippen molar-refractivity contribution in [3.63, 3.8) is 0 Å². The molecule has 0 atom stereocenters. The number of hydrogen-bond acceptors (Lipinski definition) is 4. The molecule has 0 bridgehead atoms. The van der Waals surface area contributed by atoms with Crippen LogP contribution in [0.4, 0.5) is 0 Å². The van der Waals surface area contributed by atoms with E-state index in [-0.39, 0.29) is 18.4 Å². The molecule has 0 unspecified atom stereocenters. The van der Waals surface area contributed by atoms with Crippen LogP contribution in [-0.4, -0.2) is 23.1 Å². The number of carbonyl (C=O) groups is 2. The van der Waals surface area contributed by atoms with Gasteiger partial charge in [-0.25, -0.2) is 0 Å². The molecule has 1 heterocycles. The summed E-state index contributed by atoms with van der Waals surface area (Å²) in [6, 6.07) is 11.4. The molecular weight excluding hydrogens is 475 g/mol. The summed E-state index contributed by atoms with van der Waals surface area (Å²) in [4.78, 5) is 29.6. The third-order valence-electron chi connectivity index (χ3n) is 4.19. The third-order valence-corrected chi connectivity index (χ3v) is 6.17. The van der Waals surface area contributed by atoms with Crippen LogP contribution in [0.3, 0.4) is 0 Å². The zero-order chi connectivity index (χ0) is 19.6. The largest absolute Gasteiger partial charge is 0.465 e. The third kappa shape index (κ3) is 4.30. The maximum Gasteiger partial charge on any atom is 0.326 e. The molecule has 1 amide bonds. The van der Waals surface area contributed by atoms with Gasteiger partial charge < -0.3 is 9.30 Å². The molecule has 0 saturated carbocycles. The van der Waals surface area contributed by atoms with E-state index in [1.165, 1.54) is 11.3 Å². The number of aryl methyl sites for hydroxylation is 2. The molecule has 0 saturated heterocycles. The van der Waals surface area contributed by atoms with Crippen molar-refractivity contribution in [1.29, 1.82) is 0 Å². The Bertz CT molecular complexity index is 1100. The van der Waals surface area contributed by atoms with Crippen LogP contribution in [-0.2, 0) is 16.1 Å². The summed E-state index contributed by atoms with van der Waals surface area (Å²) in [7, 11) is 0. The Morgan fingerprint density at radius 1 is 1.19 bits per heavy atom. The molecule has 27 heavy (non-hydrogen) atoms. The van der Waals surface area contributed by atoms with E-state index in [4.69, 9.17) is 4.74 Å². The molecule has 0 aliphatic carbocycles. The number of halogens is 1. The molecular formula is C20H19IN2O3S. The Kier molecular flexibility index (Phi) is 6.11. The number of amides is 1. The molecule has 1 aromatic heterocycles. The SMILES string of the molecule is CCOC(=O)Cn1c(=NC(=O)c2ccccc2I)sc2cc(C)c(C)cc21. The number of fused-ring (bicyclic) bond motifs is 1. The average molecular weight is 494 g/mol. The van der Waals surface area contributed by atoms with Crippen LogP contribution >= 0.6 is 33.9 Å². The van der Waals surface area contributed by atoms with Crippen molar-refractivity contribution >= 4 is 56.0 Å². The van der Waals surface area contributed by atoms with Crippen LogP contribution in [0.5, 0.6) is 0 Å². The Balaban J connectivity index is 2.17. The van der Waals surface area contributed by atoms with Gasteiger partial charge in [0.25, 0.3) is 5.91 Å². The van der Waals surface area contributed by atoms with Crippen molar-refractivity contribution in [2.45, 2.75) is 27.3 Å². The maximum absolute atomic E-state index is 12.7. The van der Waals surface area contributed by atoms with Crippen LogP contribution in [0.15, 0.2) is 41.4 Å². The molecule has 0 fully saturated rings. The summed E-state index contributed by atoms with van der Waals surface area (Å²) in [5, 5.41) is 0. The van der Waals surface area contributed by atoms with Gasteiger partial charge in [0.05, 0.1) is 22.4 Å². The maximum atomic E-state index is 12.7. The van der Waals surface area contributed by atoms with Gasteiger partial charge in [0.15, 0.2) is 4.80 Å². The highest BCUT2D eigenvalue weighted by Crippen LogP contribution is 2.22. The Morgan fingerprint density at radius 3 is 2.59 bits per heavy atom.